The van der Waals surface area contributed by atoms with Gasteiger partial charge in [0.2, 0.25) is 0 Å². The van der Waals surface area contributed by atoms with Crippen molar-refractivity contribution in [1.29, 1.82) is 0 Å². The highest BCUT2D eigenvalue weighted by molar-refractivity contribution is 5.86. The summed E-state index contributed by atoms with van der Waals surface area (Å²) in [7, 11) is 1.58. The van der Waals surface area contributed by atoms with Gasteiger partial charge in [-0.15, -0.1) is 0 Å². The molecular formula is C33H36O8. The van der Waals surface area contributed by atoms with E-state index in [2.05, 4.69) is 12.1 Å². The number of carbonyl (C=O) groups is 1. The molecule has 8 nitrogen and oxygen atoms in total. The Morgan fingerprint density at radius 3 is 2.56 bits per heavy atom. The van der Waals surface area contributed by atoms with Crippen molar-refractivity contribution in [2.45, 2.75) is 52.1 Å². The van der Waals surface area contributed by atoms with E-state index in [0.29, 0.717) is 41.6 Å². The number of carbonyl (C=O) groups excluding carboxylic acids is 1. The van der Waals surface area contributed by atoms with Gasteiger partial charge in [0, 0.05) is 30.2 Å². The average Bonchev–Trinajstić information content (AvgIpc) is 2.95. The average molecular weight is 561 g/mol. The van der Waals surface area contributed by atoms with Crippen LogP contribution < -0.4 is 19.6 Å². The molecule has 216 valence electrons. The second-order valence-electron chi connectivity index (χ2n) is 9.72. The molecule has 0 saturated heterocycles. The Morgan fingerprint density at radius 1 is 1.00 bits per heavy atom. The number of hydrogen-bond acceptors (Lipinski definition) is 8. The second kappa shape index (κ2) is 14.3. The van der Waals surface area contributed by atoms with Crippen molar-refractivity contribution in [3.63, 3.8) is 0 Å². The van der Waals surface area contributed by atoms with Crippen molar-refractivity contribution in [3.05, 3.63) is 82.5 Å². The first-order valence-electron chi connectivity index (χ1n) is 13.9. The summed E-state index contributed by atoms with van der Waals surface area (Å²) in [5.41, 5.74) is 1.71. The van der Waals surface area contributed by atoms with E-state index < -0.39 is 0 Å². The number of esters is 1. The summed E-state index contributed by atoms with van der Waals surface area (Å²) in [5.74, 6) is 1.21. The summed E-state index contributed by atoms with van der Waals surface area (Å²) < 4.78 is 28.4. The number of methoxy groups -OCH3 is 1. The van der Waals surface area contributed by atoms with Crippen LogP contribution in [0.5, 0.6) is 23.0 Å². The van der Waals surface area contributed by atoms with Gasteiger partial charge >= 0.3 is 5.97 Å². The van der Waals surface area contributed by atoms with Crippen LogP contribution >= 0.6 is 0 Å². The fourth-order valence-corrected chi connectivity index (χ4v) is 4.54. The third-order valence-corrected chi connectivity index (χ3v) is 6.58. The highest BCUT2D eigenvalue weighted by atomic mass is 16.5. The maximum Gasteiger partial charge on any atom is 0.305 e. The number of phenolic OH excluding ortho intramolecular Hbond substituents is 1. The van der Waals surface area contributed by atoms with Gasteiger partial charge in [-0.05, 0) is 63.3 Å². The molecule has 0 fully saturated rings. The lowest BCUT2D eigenvalue weighted by Gasteiger charge is -2.18. The lowest BCUT2D eigenvalue weighted by Crippen LogP contribution is -2.12. The fourth-order valence-electron chi connectivity index (χ4n) is 4.54. The van der Waals surface area contributed by atoms with Gasteiger partial charge in [-0.2, -0.15) is 0 Å². The van der Waals surface area contributed by atoms with Crippen LogP contribution in [0.4, 0.5) is 0 Å². The van der Waals surface area contributed by atoms with Crippen LogP contribution in [0.3, 0.4) is 0 Å². The monoisotopic (exact) mass is 560 g/mol. The van der Waals surface area contributed by atoms with E-state index in [4.69, 9.17) is 23.4 Å². The van der Waals surface area contributed by atoms with E-state index in [1.165, 1.54) is 17.7 Å². The van der Waals surface area contributed by atoms with Crippen molar-refractivity contribution < 1.29 is 33.3 Å². The van der Waals surface area contributed by atoms with Crippen LogP contribution in [0, 0.1) is 0 Å². The predicted molar refractivity (Wildman–Crippen MR) is 157 cm³/mol. The number of benzene rings is 3. The van der Waals surface area contributed by atoms with Crippen LogP contribution in [0.2, 0.25) is 0 Å². The molecule has 1 aromatic heterocycles. The zero-order chi connectivity index (χ0) is 29.2. The predicted octanol–water partition coefficient (Wildman–Crippen LogP) is 6.69. The quantitative estimate of drug-likeness (QED) is 0.134. The van der Waals surface area contributed by atoms with Gasteiger partial charge < -0.3 is 28.5 Å². The minimum Gasteiger partial charge on any atom is -0.507 e. The standard InChI is InChI=1S/C33H36O8/c1-4-38-32(36)14-9-17-39-25-19-26(34)33-27(35)21-29(41-31(33)20-25)24-15-16-28(37-3)30(18-24)40-22(2)10-8-13-23-11-6-5-7-12-23/h5-7,11-12,15-16,18-22,34H,4,8-10,13-14,17H2,1-3H3. The molecule has 0 aliphatic carbocycles. The fraction of sp³-hybridized carbons (Fsp3) is 0.333. The molecule has 1 N–H and O–H groups in total. The number of phenols is 1. The molecule has 41 heavy (non-hydrogen) atoms. The molecule has 0 radical (unpaired) electrons. The van der Waals surface area contributed by atoms with Gasteiger partial charge in [-0.3, -0.25) is 9.59 Å². The third-order valence-electron chi connectivity index (χ3n) is 6.58. The van der Waals surface area contributed by atoms with Gasteiger partial charge in [0.1, 0.15) is 28.2 Å². The smallest absolute Gasteiger partial charge is 0.305 e. The minimum absolute atomic E-state index is 0.0599. The van der Waals surface area contributed by atoms with Gasteiger partial charge in [-0.25, -0.2) is 0 Å². The summed E-state index contributed by atoms with van der Waals surface area (Å²) in [6, 6.07) is 19.9. The van der Waals surface area contributed by atoms with Gasteiger partial charge in [-0.1, -0.05) is 30.3 Å². The first kappa shape index (κ1) is 29.5. The Morgan fingerprint density at radius 2 is 1.80 bits per heavy atom. The molecule has 0 bridgehead atoms. The Hall–Kier alpha value is -4.46. The SMILES string of the molecule is CCOC(=O)CCCOc1cc(O)c2c(=O)cc(-c3ccc(OC)c(OC(C)CCCc4ccccc4)c3)oc2c1. The second-order valence-corrected chi connectivity index (χ2v) is 9.72. The number of hydrogen-bond donors (Lipinski definition) is 1. The molecule has 3 aromatic carbocycles. The Labute approximate surface area is 239 Å². The van der Waals surface area contributed by atoms with Crippen LogP contribution in [0.1, 0.15) is 45.1 Å². The van der Waals surface area contributed by atoms with E-state index >= 15 is 0 Å². The highest BCUT2D eigenvalue weighted by Gasteiger charge is 2.16. The van der Waals surface area contributed by atoms with E-state index in [1.54, 1.807) is 38.3 Å². The number of rotatable bonds is 14. The Bertz CT molecular complexity index is 1510. The van der Waals surface area contributed by atoms with Crippen molar-refractivity contribution in [1.82, 2.24) is 0 Å². The van der Waals surface area contributed by atoms with Crippen molar-refractivity contribution in [2.75, 3.05) is 20.3 Å². The molecule has 0 amide bonds. The molecule has 0 spiro atoms. The first-order valence-corrected chi connectivity index (χ1v) is 13.9. The van der Waals surface area contributed by atoms with Crippen molar-refractivity contribution in [2.24, 2.45) is 0 Å². The maximum atomic E-state index is 13.0. The number of aryl methyl sites for hydroxylation is 1. The van der Waals surface area contributed by atoms with E-state index in [1.807, 2.05) is 25.1 Å². The molecule has 4 rings (SSSR count). The lowest BCUT2D eigenvalue weighted by molar-refractivity contribution is -0.143. The zero-order valence-corrected chi connectivity index (χ0v) is 23.7. The third kappa shape index (κ3) is 8.03. The van der Waals surface area contributed by atoms with Crippen molar-refractivity contribution >= 4 is 16.9 Å². The van der Waals surface area contributed by atoms with E-state index in [0.717, 1.165) is 19.3 Å². The molecule has 0 aliphatic heterocycles. The van der Waals surface area contributed by atoms with Crippen LogP contribution in [-0.2, 0) is 16.0 Å². The van der Waals surface area contributed by atoms with Crippen LogP contribution in [-0.4, -0.2) is 37.5 Å². The largest absolute Gasteiger partial charge is 0.507 e. The van der Waals surface area contributed by atoms with Crippen LogP contribution in [0.25, 0.3) is 22.3 Å². The van der Waals surface area contributed by atoms with Gasteiger partial charge in [0.25, 0.3) is 0 Å². The summed E-state index contributed by atoms with van der Waals surface area (Å²) >= 11 is 0. The van der Waals surface area contributed by atoms with E-state index in [-0.39, 0.29) is 47.2 Å². The summed E-state index contributed by atoms with van der Waals surface area (Å²) in [5, 5.41) is 10.6. The number of ether oxygens (including phenoxy) is 4. The summed E-state index contributed by atoms with van der Waals surface area (Å²) in [4.78, 5) is 24.5. The zero-order valence-electron chi connectivity index (χ0n) is 23.7. The first-order chi connectivity index (χ1) is 19.9. The number of fused-ring (bicyclic) bond motifs is 1. The highest BCUT2D eigenvalue weighted by Crippen LogP contribution is 2.36. The minimum atomic E-state index is -0.389. The Balaban J connectivity index is 1.50. The molecular weight excluding hydrogens is 524 g/mol. The maximum absolute atomic E-state index is 13.0. The summed E-state index contributed by atoms with van der Waals surface area (Å²) in [6.45, 7) is 4.33. The molecule has 0 aliphatic rings. The topological polar surface area (TPSA) is 104 Å². The molecule has 8 heteroatoms. The number of aromatic hydroxyl groups is 1. The molecule has 1 heterocycles. The molecule has 1 unspecified atom stereocenters. The van der Waals surface area contributed by atoms with E-state index in [9.17, 15) is 14.7 Å². The van der Waals surface area contributed by atoms with Gasteiger partial charge in [0.05, 0.1) is 26.4 Å². The van der Waals surface area contributed by atoms with Crippen LogP contribution in [0.15, 0.2) is 75.9 Å². The molecule has 1 atom stereocenters. The molecule has 4 aromatic rings. The normalized spacial score (nSPS) is 11.7. The van der Waals surface area contributed by atoms with Gasteiger partial charge in [0.15, 0.2) is 16.9 Å². The summed E-state index contributed by atoms with van der Waals surface area (Å²) in [6.07, 6.45) is 3.41. The lowest BCUT2D eigenvalue weighted by atomic mass is 10.1. The van der Waals surface area contributed by atoms with Crippen molar-refractivity contribution in [3.8, 4) is 34.3 Å². The molecule has 0 saturated carbocycles. The Kier molecular flexibility index (Phi) is 10.3.